The lowest BCUT2D eigenvalue weighted by atomic mass is 9.89. The molecule has 0 radical (unpaired) electrons. The van der Waals surface area contributed by atoms with E-state index in [0.29, 0.717) is 0 Å². The van der Waals surface area contributed by atoms with E-state index in [1.807, 2.05) is 0 Å². The smallest absolute Gasteiger partial charge is 0.193 e. The zero-order chi connectivity index (χ0) is 10.1. The fourth-order valence-electron chi connectivity index (χ4n) is 1.13. The molecule has 0 atom stereocenters. The Kier molecular flexibility index (Phi) is 2.66. The van der Waals surface area contributed by atoms with Crippen molar-refractivity contribution in [2.24, 2.45) is 5.41 Å². The van der Waals surface area contributed by atoms with Crippen LogP contribution in [0.1, 0.15) is 33.6 Å². The van der Waals surface area contributed by atoms with E-state index >= 15 is 0 Å². The summed E-state index contributed by atoms with van der Waals surface area (Å²) in [4.78, 5) is 0. The number of hydrogen-bond acceptors (Lipinski definition) is 2. The first-order chi connectivity index (χ1) is 5.79. The molecule has 0 aromatic rings. The lowest BCUT2D eigenvalue weighted by Crippen LogP contribution is -2.04. The van der Waals surface area contributed by atoms with E-state index in [4.69, 9.17) is 0 Å². The number of sulfone groups is 1. The minimum absolute atomic E-state index is 0.265. The van der Waals surface area contributed by atoms with Crippen LogP contribution in [0.2, 0.25) is 0 Å². The molecule has 0 aliphatic carbocycles. The molecular weight excluding hydrogens is 184 g/mol. The van der Waals surface area contributed by atoms with Crippen LogP contribution in [0.3, 0.4) is 0 Å². The second kappa shape index (κ2) is 3.29. The molecule has 1 rings (SSSR count). The Bertz CT molecular complexity index is 340. The molecule has 0 aromatic heterocycles. The highest BCUT2D eigenvalue weighted by molar-refractivity contribution is 7.97. The van der Waals surface area contributed by atoms with Crippen molar-refractivity contribution >= 4 is 9.84 Å². The van der Waals surface area contributed by atoms with Crippen LogP contribution in [-0.4, -0.2) is 8.42 Å². The molecule has 3 heteroatoms. The Morgan fingerprint density at radius 1 is 1.31 bits per heavy atom. The predicted molar refractivity (Wildman–Crippen MR) is 54.8 cm³/mol. The lowest BCUT2D eigenvalue weighted by molar-refractivity contribution is 0.379. The molecule has 0 spiro atoms. The number of allylic oxidation sites excluding steroid dienone is 2. The topological polar surface area (TPSA) is 34.1 Å². The maximum Gasteiger partial charge on any atom is 0.193 e. The van der Waals surface area contributed by atoms with Crippen molar-refractivity contribution in [3.8, 4) is 0 Å². The van der Waals surface area contributed by atoms with E-state index in [1.54, 1.807) is 6.08 Å². The minimum Gasteiger partial charge on any atom is -0.220 e. The third kappa shape index (κ3) is 3.77. The van der Waals surface area contributed by atoms with Gasteiger partial charge in [-0.05, 0) is 29.9 Å². The van der Waals surface area contributed by atoms with Crippen LogP contribution in [0.5, 0.6) is 0 Å². The molecule has 0 saturated carbocycles. The van der Waals surface area contributed by atoms with Crippen molar-refractivity contribution in [3.05, 3.63) is 22.5 Å². The van der Waals surface area contributed by atoms with E-state index < -0.39 is 9.84 Å². The van der Waals surface area contributed by atoms with Crippen molar-refractivity contribution in [1.82, 2.24) is 0 Å². The maximum atomic E-state index is 11.0. The van der Waals surface area contributed by atoms with Crippen LogP contribution in [-0.2, 0) is 9.84 Å². The molecule has 0 amide bonds. The molecule has 74 valence electrons. The van der Waals surface area contributed by atoms with Crippen LogP contribution >= 0.6 is 0 Å². The van der Waals surface area contributed by atoms with Crippen molar-refractivity contribution < 1.29 is 8.42 Å². The van der Waals surface area contributed by atoms with Crippen molar-refractivity contribution in [2.45, 2.75) is 33.6 Å². The van der Waals surface area contributed by atoms with Crippen molar-refractivity contribution in [1.29, 1.82) is 0 Å². The highest BCUT2D eigenvalue weighted by Crippen LogP contribution is 2.26. The molecule has 0 saturated heterocycles. The summed E-state index contributed by atoms with van der Waals surface area (Å²) in [6, 6.07) is 0. The van der Waals surface area contributed by atoms with Crippen LogP contribution in [0.15, 0.2) is 22.5 Å². The second-order valence-electron chi connectivity index (χ2n) is 4.65. The van der Waals surface area contributed by atoms with Gasteiger partial charge in [0.2, 0.25) is 0 Å². The summed E-state index contributed by atoms with van der Waals surface area (Å²) >= 11 is 0. The number of rotatable bonds is 2. The van der Waals surface area contributed by atoms with E-state index in [1.165, 1.54) is 10.8 Å². The van der Waals surface area contributed by atoms with E-state index in [9.17, 15) is 8.42 Å². The first kappa shape index (κ1) is 10.5. The Labute approximate surface area is 80.3 Å². The van der Waals surface area contributed by atoms with Gasteiger partial charge < -0.3 is 0 Å². The van der Waals surface area contributed by atoms with Crippen LogP contribution in [0.25, 0.3) is 0 Å². The summed E-state index contributed by atoms with van der Waals surface area (Å²) in [7, 11) is -3.01. The van der Waals surface area contributed by atoms with Gasteiger partial charge in [0, 0.05) is 10.8 Å². The maximum absolute atomic E-state index is 11.0. The van der Waals surface area contributed by atoms with Crippen molar-refractivity contribution in [3.63, 3.8) is 0 Å². The van der Waals surface area contributed by atoms with E-state index in [-0.39, 0.29) is 5.41 Å². The average Bonchev–Trinajstić information content (AvgIpc) is 2.24. The van der Waals surface area contributed by atoms with Gasteiger partial charge >= 0.3 is 0 Å². The van der Waals surface area contributed by atoms with Gasteiger partial charge in [-0.2, -0.15) is 0 Å². The standard InChI is InChI=1S/C10H16O2S/c1-10(2,3)6-4-9-5-7-13(11,12)8-9/h5,7-8H,4,6H2,1-3H3. The Balaban J connectivity index is 2.56. The molecule has 1 heterocycles. The molecule has 0 bridgehead atoms. The van der Waals surface area contributed by atoms with Gasteiger partial charge in [-0.1, -0.05) is 20.8 Å². The largest absolute Gasteiger partial charge is 0.220 e. The summed E-state index contributed by atoms with van der Waals surface area (Å²) < 4.78 is 22.0. The molecule has 0 aromatic carbocycles. The molecule has 0 N–H and O–H groups in total. The second-order valence-corrected chi connectivity index (χ2v) is 6.33. The highest BCUT2D eigenvalue weighted by Gasteiger charge is 2.14. The molecule has 0 fully saturated rings. The lowest BCUT2D eigenvalue weighted by Gasteiger charge is -2.17. The summed E-state index contributed by atoms with van der Waals surface area (Å²) in [5, 5.41) is 2.63. The highest BCUT2D eigenvalue weighted by atomic mass is 32.2. The first-order valence-corrected chi connectivity index (χ1v) is 6.03. The third-order valence-electron chi connectivity index (χ3n) is 1.95. The molecular formula is C10H16O2S. The minimum atomic E-state index is -3.01. The van der Waals surface area contributed by atoms with Gasteiger partial charge in [0.25, 0.3) is 0 Å². The Morgan fingerprint density at radius 2 is 1.92 bits per heavy atom. The average molecular weight is 200 g/mol. The molecule has 13 heavy (non-hydrogen) atoms. The van der Waals surface area contributed by atoms with Crippen LogP contribution < -0.4 is 0 Å². The van der Waals surface area contributed by atoms with Gasteiger partial charge in [-0.3, -0.25) is 0 Å². The van der Waals surface area contributed by atoms with Gasteiger partial charge in [-0.15, -0.1) is 0 Å². The van der Waals surface area contributed by atoms with Gasteiger partial charge in [-0.25, -0.2) is 8.42 Å². The zero-order valence-electron chi connectivity index (χ0n) is 8.37. The predicted octanol–water partition coefficient (Wildman–Crippen LogP) is 2.64. The molecule has 1 aliphatic rings. The Hall–Kier alpha value is -0.570. The third-order valence-corrected chi connectivity index (χ3v) is 3.10. The zero-order valence-corrected chi connectivity index (χ0v) is 9.19. The summed E-state index contributed by atoms with van der Waals surface area (Å²) in [5.74, 6) is 0. The Morgan fingerprint density at radius 3 is 2.31 bits per heavy atom. The first-order valence-electron chi connectivity index (χ1n) is 4.42. The number of hydrogen-bond donors (Lipinski definition) is 0. The van der Waals surface area contributed by atoms with Gasteiger partial charge in [0.15, 0.2) is 9.84 Å². The SMILES string of the molecule is CC(C)(C)CCC1=CS(=O)(=O)C=C1. The van der Waals surface area contributed by atoms with Crippen molar-refractivity contribution in [2.75, 3.05) is 0 Å². The fraction of sp³-hybridized carbons (Fsp3) is 0.600. The monoisotopic (exact) mass is 200 g/mol. The fourth-order valence-corrected chi connectivity index (χ4v) is 2.19. The van der Waals surface area contributed by atoms with E-state index in [2.05, 4.69) is 20.8 Å². The normalized spacial score (nSPS) is 20.4. The summed E-state index contributed by atoms with van der Waals surface area (Å²) in [6.07, 6.45) is 3.55. The van der Waals surface area contributed by atoms with Crippen LogP contribution in [0, 0.1) is 5.41 Å². The quantitative estimate of drug-likeness (QED) is 0.686. The molecule has 1 aliphatic heterocycles. The molecule has 2 nitrogen and oxygen atoms in total. The molecule has 0 unspecified atom stereocenters. The van der Waals surface area contributed by atoms with Gasteiger partial charge in [0.1, 0.15) is 0 Å². The van der Waals surface area contributed by atoms with Crippen LogP contribution in [0.4, 0.5) is 0 Å². The van der Waals surface area contributed by atoms with Gasteiger partial charge in [0.05, 0.1) is 0 Å². The summed E-state index contributed by atoms with van der Waals surface area (Å²) in [5.41, 5.74) is 1.19. The van der Waals surface area contributed by atoms with E-state index in [0.717, 1.165) is 18.4 Å². The summed E-state index contributed by atoms with van der Waals surface area (Å²) in [6.45, 7) is 6.46.